The van der Waals surface area contributed by atoms with E-state index in [-0.39, 0.29) is 5.91 Å². The van der Waals surface area contributed by atoms with Crippen LogP contribution in [0.2, 0.25) is 0 Å². The van der Waals surface area contributed by atoms with Gasteiger partial charge in [-0.15, -0.1) is 0 Å². The SMILES string of the molecule is Cc1ccc(CNc2cc(C(=O)NCc3cccc(CN(C)C)c3)ccc2N2CCN(c3ccccc3C)CC2)o1. The Hall–Kier alpha value is -4.23. The van der Waals surface area contributed by atoms with Gasteiger partial charge in [0.25, 0.3) is 5.91 Å². The van der Waals surface area contributed by atoms with Gasteiger partial charge in [-0.05, 0) is 81.0 Å². The van der Waals surface area contributed by atoms with Gasteiger partial charge >= 0.3 is 0 Å². The van der Waals surface area contributed by atoms with Crippen LogP contribution in [0.15, 0.2) is 83.3 Å². The van der Waals surface area contributed by atoms with Gasteiger partial charge in [0.15, 0.2) is 0 Å². The van der Waals surface area contributed by atoms with E-state index >= 15 is 0 Å². The van der Waals surface area contributed by atoms with Crippen LogP contribution in [-0.4, -0.2) is 51.1 Å². The van der Waals surface area contributed by atoms with E-state index in [2.05, 4.69) is 94.9 Å². The van der Waals surface area contributed by atoms with E-state index in [4.69, 9.17) is 4.42 Å². The highest BCUT2D eigenvalue weighted by Gasteiger charge is 2.21. The van der Waals surface area contributed by atoms with Crippen molar-refractivity contribution in [3.63, 3.8) is 0 Å². The molecule has 214 valence electrons. The first kappa shape index (κ1) is 28.3. The maximum Gasteiger partial charge on any atom is 0.251 e. The Labute approximate surface area is 243 Å². The molecule has 41 heavy (non-hydrogen) atoms. The van der Waals surface area contributed by atoms with Crippen LogP contribution in [0.5, 0.6) is 0 Å². The predicted molar refractivity (Wildman–Crippen MR) is 168 cm³/mol. The summed E-state index contributed by atoms with van der Waals surface area (Å²) in [5.41, 5.74) is 7.60. The molecule has 1 aliphatic rings. The molecule has 1 fully saturated rings. The highest BCUT2D eigenvalue weighted by molar-refractivity contribution is 5.96. The van der Waals surface area contributed by atoms with Gasteiger partial charge in [-0.25, -0.2) is 0 Å². The molecule has 5 rings (SSSR count). The summed E-state index contributed by atoms with van der Waals surface area (Å²) in [7, 11) is 4.11. The lowest BCUT2D eigenvalue weighted by atomic mass is 10.1. The summed E-state index contributed by atoms with van der Waals surface area (Å²) in [5, 5.41) is 6.66. The fraction of sp³-hybridized carbons (Fsp3) is 0.324. The largest absolute Gasteiger partial charge is 0.465 e. The normalized spacial score (nSPS) is 13.5. The molecule has 0 aliphatic carbocycles. The van der Waals surface area contributed by atoms with Gasteiger partial charge < -0.3 is 29.8 Å². The van der Waals surface area contributed by atoms with E-state index < -0.39 is 0 Å². The topological polar surface area (TPSA) is 64.0 Å². The lowest BCUT2D eigenvalue weighted by Crippen LogP contribution is -2.47. The summed E-state index contributed by atoms with van der Waals surface area (Å²) in [6.45, 7) is 9.70. The Morgan fingerprint density at radius 1 is 0.805 bits per heavy atom. The number of carbonyl (C=O) groups excluding carboxylic acids is 1. The molecule has 2 heterocycles. The lowest BCUT2D eigenvalue weighted by molar-refractivity contribution is 0.0951. The van der Waals surface area contributed by atoms with Crippen LogP contribution in [-0.2, 0) is 19.6 Å². The molecule has 1 amide bonds. The highest BCUT2D eigenvalue weighted by atomic mass is 16.3. The number of amides is 1. The number of aryl methyl sites for hydroxylation is 2. The molecule has 0 bridgehead atoms. The minimum atomic E-state index is -0.0872. The Balaban J connectivity index is 1.30. The van der Waals surface area contributed by atoms with Crippen LogP contribution in [0.3, 0.4) is 0 Å². The summed E-state index contributed by atoms with van der Waals surface area (Å²) < 4.78 is 5.80. The molecule has 7 nitrogen and oxygen atoms in total. The van der Waals surface area contributed by atoms with E-state index in [1.165, 1.54) is 16.8 Å². The molecule has 0 radical (unpaired) electrons. The number of piperazine rings is 1. The second-order valence-corrected chi connectivity index (χ2v) is 11.1. The van der Waals surface area contributed by atoms with Crippen molar-refractivity contribution >= 4 is 23.0 Å². The molecular weight excluding hydrogens is 510 g/mol. The molecule has 1 aromatic heterocycles. The fourth-order valence-corrected chi connectivity index (χ4v) is 5.45. The molecule has 0 atom stereocenters. The number of carbonyl (C=O) groups is 1. The third kappa shape index (κ3) is 7.30. The number of benzene rings is 3. The molecule has 4 aromatic rings. The van der Waals surface area contributed by atoms with E-state index in [1.807, 2.05) is 37.3 Å². The zero-order valence-electron chi connectivity index (χ0n) is 24.6. The maximum absolute atomic E-state index is 13.2. The maximum atomic E-state index is 13.2. The minimum Gasteiger partial charge on any atom is -0.465 e. The van der Waals surface area contributed by atoms with Crippen molar-refractivity contribution in [1.29, 1.82) is 0 Å². The molecular formula is C34H41N5O2. The lowest BCUT2D eigenvalue weighted by Gasteiger charge is -2.38. The van der Waals surface area contributed by atoms with Crippen molar-refractivity contribution in [2.45, 2.75) is 33.5 Å². The highest BCUT2D eigenvalue weighted by Crippen LogP contribution is 2.30. The minimum absolute atomic E-state index is 0.0872. The molecule has 0 spiro atoms. The number of hydrogen-bond donors (Lipinski definition) is 2. The molecule has 1 aliphatic heterocycles. The average molecular weight is 552 g/mol. The van der Waals surface area contributed by atoms with Crippen LogP contribution in [0, 0.1) is 13.8 Å². The summed E-state index contributed by atoms with van der Waals surface area (Å²) in [6.07, 6.45) is 0. The van der Waals surface area contributed by atoms with Crippen molar-refractivity contribution in [3.05, 3.63) is 113 Å². The van der Waals surface area contributed by atoms with E-state index in [0.29, 0.717) is 18.7 Å². The van der Waals surface area contributed by atoms with Gasteiger partial charge in [-0.1, -0.05) is 42.5 Å². The molecule has 1 saturated heterocycles. The quantitative estimate of drug-likeness (QED) is 0.259. The number of nitrogens with zero attached hydrogens (tertiary/aromatic N) is 3. The molecule has 2 N–H and O–H groups in total. The Morgan fingerprint density at radius 2 is 1.54 bits per heavy atom. The summed E-state index contributed by atoms with van der Waals surface area (Å²) in [6, 6.07) is 26.9. The molecule has 0 saturated carbocycles. The van der Waals surface area contributed by atoms with Gasteiger partial charge in [-0.3, -0.25) is 4.79 Å². The van der Waals surface area contributed by atoms with Crippen molar-refractivity contribution in [2.75, 3.05) is 55.4 Å². The summed E-state index contributed by atoms with van der Waals surface area (Å²) in [4.78, 5) is 20.2. The van der Waals surface area contributed by atoms with Crippen LogP contribution in [0.1, 0.15) is 38.6 Å². The Kier molecular flexibility index (Phi) is 8.95. The number of furan rings is 1. The monoisotopic (exact) mass is 551 g/mol. The van der Waals surface area contributed by atoms with E-state index in [1.54, 1.807) is 0 Å². The van der Waals surface area contributed by atoms with Gasteiger partial charge in [0.2, 0.25) is 0 Å². The first-order valence-corrected chi connectivity index (χ1v) is 14.4. The number of para-hydroxylation sites is 1. The smallest absolute Gasteiger partial charge is 0.251 e. The average Bonchev–Trinajstić information content (AvgIpc) is 3.40. The molecule has 0 unspecified atom stereocenters. The molecule has 7 heteroatoms. The number of nitrogens with one attached hydrogen (secondary N) is 2. The first-order valence-electron chi connectivity index (χ1n) is 14.4. The Bertz CT molecular complexity index is 1470. The van der Waals surface area contributed by atoms with E-state index in [0.717, 1.165) is 61.2 Å². The predicted octanol–water partition coefficient (Wildman–Crippen LogP) is 5.83. The standard InChI is InChI=1S/C34H41N5O2/c1-25-8-5-6-11-32(25)38-16-18-39(19-17-38)33-15-13-29(21-31(33)35-23-30-14-12-26(2)41-30)34(40)36-22-27-9-7-10-28(20-27)24-37(3)4/h5-15,20-21,35H,16-19,22-24H2,1-4H3,(H,36,40). The van der Waals surface area contributed by atoms with E-state index in [9.17, 15) is 4.79 Å². The van der Waals surface area contributed by atoms with Gasteiger partial charge in [0, 0.05) is 50.5 Å². The fourth-order valence-electron chi connectivity index (χ4n) is 5.45. The zero-order valence-corrected chi connectivity index (χ0v) is 24.6. The van der Waals surface area contributed by atoms with Crippen LogP contribution in [0.25, 0.3) is 0 Å². The number of rotatable bonds is 10. The van der Waals surface area contributed by atoms with Gasteiger partial charge in [0.1, 0.15) is 11.5 Å². The van der Waals surface area contributed by atoms with Gasteiger partial charge in [-0.2, -0.15) is 0 Å². The third-order valence-electron chi connectivity index (χ3n) is 7.53. The van der Waals surface area contributed by atoms with Gasteiger partial charge in [0.05, 0.1) is 17.9 Å². The molecule has 3 aromatic carbocycles. The van der Waals surface area contributed by atoms with Crippen molar-refractivity contribution in [2.24, 2.45) is 0 Å². The summed E-state index contributed by atoms with van der Waals surface area (Å²) in [5.74, 6) is 1.67. The third-order valence-corrected chi connectivity index (χ3v) is 7.53. The van der Waals surface area contributed by atoms with Crippen LogP contribution in [0.4, 0.5) is 17.1 Å². The summed E-state index contributed by atoms with van der Waals surface area (Å²) >= 11 is 0. The number of hydrogen-bond acceptors (Lipinski definition) is 6. The second kappa shape index (κ2) is 13.0. The van der Waals surface area contributed by atoms with Crippen LogP contribution < -0.4 is 20.4 Å². The second-order valence-electron chi connectivity index (χ2n) is 11.1. The van der Waals surface area contributed by atoms with Crippen molar-refractivity contribution in [1.82, 2.24) is 10.2 Å². The van der Waals surface area contributed by atoms with Crippen molar-refractivity contribution in [3.8, 4) is 0 Å². The Morgan fingerprint density at radius 3 is 2.24 bits per heavy atom. The first-order chi connectivity index (χ1) is 19.9. The van der Waals surface area contributed by atoms with Crippen molar-refractivity contribution < 1.29 is 9.21 Å². The zero-order chi connectivity index (χ0) is 28.8. The number of anilines is 3. The van der Waals surface area contributed by atoms with Crippen LogP contribution >= 0.6 is 0 Å².